The molecule has 1 heterocycles. The number of benzene rings is 1. The number of nitrogens with one attached hydrogen (secondary N) is 1. The quantitative estimate of drug-likeness (QED) is 0.674. The molecule has 1 N–H and O–H groups in total. The fraction of sp³-hybridized carbons (Fsp3) is 0.583. The minimum absolute atomic E-state index is 0.0321. The molecule has 0 saturated carbocycles. The zero-order valence-corrected chi connectivity index (χ0v) is 18.4. The molecule has 1 aliphatic rings. The summed E-state index contributed by atoms with van der Waals surface area (Å²) < 4.78 is 5.48. The Hall–Kier alpha value is -2.30. The smallest absolute Gasteiger partial charge is 0.410 e. The van der Waals surface area contributed by atoms with E-state index in [1.54, 1.807) is 11.0 Å². The maximum absolute atomic E-state index is 12.3. The second-order valence-electron chi connectivity index (χ2n) is 8.99. The molecule has 0 bridgehead atoms. The molecular formula is C24H36N2O3. The van der Waals surface area contributed by atoms with E-state index in [1.807, 2.05) is 45.9 Å². The van der Waals surface area contributed by atoms with Gasteiger partial charge in [0.2, 0.25) is 5.91 Å². The number of carbonyl (C=O) groups excluding carboxylic acids is 2. The summed E-state index contributed by atoms with van der Waals surface area (Å²) in [5.41, 5.74) is 1.90. The molecule has 5 heteroatoms. The SMILES string of the molecule is C/C(=C\C(=O)NCCC1CCCN(C(=O)OC(C)(C)C)C1)CCc1ccccc1. The lowest BCUT2D eigenvalue weighted by atomic mass is 9.95. The van der Waals surface area contributed by atoms with Gasteiger partial charge in [0.15, 0.2) is 0 Å². The van der Waals surface area contributed by atoms with Gasteiger partial charge in [0.1, 0.15) is 5.60 Å². The summed E-state index contributed by atoms with van der Waals surface area (Å²) in [6.45, 7) is 9.75. The second kappa shape index (κ2) is 11.0. The van der Waals surface area contributed by atoms with E-state index in [0.29, 0.717) is 19.0 Å². The molecule has 0 radical (unpaired) electrons. The van der Waals surface area contributed by atoms with Crippen molar-refractivity contribution in [3.63, 3.8) is 0 Å². The average molecular weight is 401 g/mol. The third-order valence-corrected chi connectivity index (χ3v) is 5.05. The lowest BCUT2D eigenvalue weighted by Crippen LogP contribution is -2.43. The standard InChI is InChI=1S/C24H36N2O3/c1-19(12-13-20-9-6-5-7-10-20)17-22(27)25-15-14-21-11-8-16-26(18-21)23(28)29-24(2,3)4/h5-7,9-10,17,21H,8,11-16,18H2,1-4H3,(H,25,27)/b19-17+. The first-order chi connectivity index (χ1) is 13.7. The largest absolute Gasteiger partial charge is 0.444 e. The van der Waals surface area contributed by atoms with Crippen LogP contribution in [0.3, 0.4) is 0 Å². The molecule has 1 saturated heterocycles. The Bertz CT molecular complexity index is 692. The summed E-state index contributed by atoms with van der Waals surface area (Å²) in [6, 6.07) is 10.3. The molecular weight excluding hydrogens is 364 g/mol. The van der Waals surface area contributed by atoms with E-state index in [-0.39, 0.29) is 12.0 Å². The van der Waals surface area contributed by atoms with Gasteiger partial charge in [-0.3, -0.25) is 4.79 Å². The highest BCUT2D eigenvalue weighted by atomic mass is 16.6. The molecule has 0 aliphatic carbocycles. The van der Waals surface area contributed by atoms with Gasteiger partial charge in [-0.1, -0.05) is 35.9 Å². The highest BCUT2D eigenvalue weighted by Crippen LogP contribution is 2.21. The van der Waals surface area contributed by atoms with E-state index in [0.717, 1.165) is 44.2 Å². The van der Waals surface area contributed by atoms with Crippen LogP contribution in [0.4, 0.5) is 4.79 Å². The maximum Gasteiger partial charge on any atom is 0.410 e. The molecule has 29 heavy (non-hydrogen) atoms. The molecule has 0 spiro atoms. The number of nitrogens with zero attached hydrogens (tertiary/aromatic N) is 1. The van der Waals surface area contributed by atoms with E-state index < -0.39 is 5.60 Å². The van der Waals surface area contributed by atoms with Crippen LogP contribution < -0.4 is 5.32 Å². The molecule has 1 aromatic rings. The minimum Gasteiger partial charge on any atom is -0.444 e. The van der Waals surface area contributed by atoms with Crippen LogP contribution in [0.1, 0.15) is 58.9 Å². The highest BCUT2D eigenvalue weighted by Gasteiger charge is 2.27. The summed E-state index contributed by atoms with van der Waals surface area (Å²) in [4.78, 5) is 26.2. The van der Waals surface area contributed by atoms with Crippen LogP contribution in [0.25, 0.3) is 0 Å². The van der Waals surface area contributed by atoms with Crippen molar-refractivity contribution in [2.75, 3.05) is 19.6 Å². The topological polar surface area (TPSA) is 58.6 Å². The Balaban J connectivity index is 1.68. The van der Waals surface area contributed by atoms with Gasteiger partial charge in [-0.15, -0.1) is 0 Å². The van der Waals surface area contributed by atoms with Crippen molar-refractivity contribution < 1.29 is 14.3 Å². The van der Waals surface area contributed by atoms with Gasteiger partial charge in [-0.25, -0.2) is 4.79 Å². The van der Waals surface area contributed by atoms with E-state index in [9.17, 15) is 9.59 Å². The lowest BCUT2D eigenvalue weighted by Gasteiger charge is -2.34. The summed E-state index contributed by atoms with van der Waals surface area (Å²) >= 11 is 0. The zero-order chi connectivity index (χ0) is 21.3. The van der Waals surface area contributed by atoms with Crippen molar-refractivity contribution in [3.8, 4) is 0 Å². The molecule has 2 amide bonds. The van der Waals surface area contributed by atoms with E-state index in [4.69, 9.17) is 4.74 Å². The van der Waals surface area contributed by atoms with Crippen LogP contribution >= 0.6 is 0 Å². The summed E-state index contributed by atoms with van der Waals surface area (Å²) in [5, 5.41) is 2.99. The normalized spacial score (nSPS) is 17.7. The van der Waals surface area contributed by atoms with Crippen molar-refractivity contribution >= 4 is 12.0 Å². The summed E-state index contributed by atoms with van der Waals surface area (Å²) in [5.74, 6) is 0.370. The highest BCUT2D eigenvalue weighted by molar-refractivity contribution is 5.88. The number of hydrogen-bond acceptors (Lipinski definition) is 3. The number of hydrogen-bond donors (Lipinski definition) is 1. The lowest BCUT2D eigenvalue weighted by molar-refractivity contribution is -0.116. The van der Waals surface area contributed by atoms with Gasteiger partial charge in [-0.2, -0.15) is 0 Å². The molecule has 1 fully saturated rings. The number of likely N-dealkylation sites (tertiary alicyclic amines) is 1. The van der Waals surface area contributed by atoms with Crippen LogP contribution in [0, 0.1) is 5.92 Å². The third-order valence-electron chi connectivity index (χ3n) is 5.05. The van der Waals surface area contributed by atoms with Gasteiger partial charge >= 0.3 is 6.09 Å². The van der Waals surface area contributed by atoms with E-state index >= 15 is 0 Å². The molecule has 1 aliphatic heterocycles. The average Bonchev–Trinajstić information content (AvgIpc) is 2.66. The van der Waals surface area contributed by atoms with Crippen LogP contribution in [-0.2, 0) is 16.0 Å². The van der Waals surface area contributed by atoms with E-state index in [2.05, 4.69) is 17.4 Å². The number of allylic oxidation sites excluding steroid dienone is 1. The Labute approximate surface area is 175 Å². The van der Waals surface area contributed by atoms with Crippen molar-refractivity contribution in [1.29, 1.82) is 0 Å². The van der Waals surface area contributed by atoms with Gasteiger partial charge in [0.05, 0.1) is 0 Å². The van der Waals surface area contributed by atoms with Gasteiger partial charge in [0, 0.05) is 25.7 Å². The van der Waals surface area contributed by atoms with Crippen LogP contribution in [0.5, 0.6) is 0 Å². The summed E-state index contributed by atoms with van der Waals surface area (Å²) in [7, 11) is 0. The fourth-order valence-electron chi connectivity index (χ4n) is 3.53. The Kier molecular flexibility index (Phi) is 8.74. The first-order valence-electron chi connectivity index (χ1n) is 10.7. The summed E-state index contributed by atoms with van der Waals surface area (Å²) in [6.07, 6.45) is 6.24. The Morgan fingerprint density at radius 2 is 1.97 bits per heavy atom. The molecule has 5 nitrogen and oxygen atoms in total. The molecule has 1 atom stereocenters. The second-order valence-corrected chi connectivity index (χ2v) is 8.99. The van der Waals surface area contributed by atoms with Crippen molar-refractivity contribution in [3.05, 3.63) is 47.5 Å². The van der Waals surface area contributed by atoms with Crippen molar-refractivity contribution in [1.82, 2.24) is 10.2 Å². The first-order valence-corrected chi connectivity index (χ1v) is 10.7. The zero-order valence-electron chi connectivity index (χ0n) is 18.4. The third kappa shape index (κ3) is 9.16. The molecule has 160 valence electrons. The molecule has 2 rings (SSSR count). The fourth-order valence-corrected chi connectivity index (χ4v) is 3.53. The number of piperidine rings is 1. The Morgan fingerprint density at radius 1 is 1.24 bits per heavy atom. The van der Waals surface area contributed by atoms with Crippen molar-refractivity contribution in [2.45, 2.75) is 65.4 Å². The van der Waals surface area contributed by atoms with Gasteiger partial charge < -0.3 is 15.0 Å². The van der Waals surface area contributed by atoms with Crippen LogP contribution in [0.2, 0.25) is 0 Å². The predicted molar refractivity (Wildman–Crippen MR) is 117 cm³/mol. The predicted octanol–water partition coefficient (Wildman–Crippen LogP) is 4.72. The first kappa shape index (κ1) is 23.0. The Morgan fingerprint density at radius 3 is 2.66 bits per heavy atom. The van der Waals surface area contributed by atoms with Crippen LogP contribution in [0.15, 0.2) is 42.0 Å². The van der Waals surface area contributed by atoms with Crippen LogP contribution in [-0.4, -0.2) is 42.1 Å². The number of amides is 2. The minimum atomic E-state index is -0.470. The van der Waals surface area contributed by atoms with E-state index in [1.165, 1.54) is 5.56 Å². The number of ether oxygens (including phenoxy) is 1. The monoisotopic (exact) mass is 400 g/mol. The number of carbonyl (C=O) groups is 2. The van der Waals surface area contributed by atoms with Gasteiger partial charge in [0.25, 0.3) is 0 Å². The van der Waals surface area contributed by atoms with Gasteiger partial charge in [-0.05, 0) is 71.3 Å². The van der Waals surface area contributed by atoms with Crippen molar-refractivity contribution in [2.24, 2.45) is 5.92 Å². The maximum atomic E-state index is 12.3. The number of rotatable bonds is 7. The molecule has 1 unspecified atom stereocenters. The number of aryl methyl sites for hydroxylation is 1. The molecule has 1 aromatic carbocycles. The molecule has 0 aromatic heterocycles.